The standard InChI is InChI=1S/C17H22N2O3/c1-18-17(22)14-9-11-19(12-10-14)16(21)8-7-15(20)13-5-3-2-4-6-13/h2-6,14H,7-12H2,1H3,(H,18,22). The summed E-state index contributed by atoms with van der Waals surface area (Å²) >= 11 is 0. The summed E-state index contributed by atoms with van der Waals surface area (Å²) in [4.78, 5) is 37.5. The molecular weight excluding hydrogens is 280 g/mol. The van der Waals surface area contributed by atoms with Crippen molar-refractivity contribution >= 4 is 17.6 Å². The second-order valence-corrected chi connectivity index (χ2v) is 5.56. The fraction of sp³-hybridized carbons (Fsp3) is 0.471. The zero-order valence-electron chi connectivity index (χ0n) is 12.9. The minimum absolute atomic E-state index is 0.000000652. The summed E-state index contributed by atoms with van der Waals surface area (Å²) in [6.45, 7) is 1.19. The molecule has 0 atom stereocenters. The Morgan fingerprint density at radius 2 is 1.73 bits per heavy atom. The first-order valence-electron chi connectivity index (χ1n) is 7.69. The fourth-order valence-corrected chi connectivity index (χ4v) is 2.74. The third kappa shape index (κ3) is 4.16. The topological polar surface area (TPSA) is 66.5 Å². The minimum atomic E-state index is -0.00537. The summed E-state index contributed by atoms with van der Waals surface area (Å²) in [5.74, 6) is 0.0418. The van der Waals surface area contributed by atoms with Gasteiger partial charge in [-0.25, -0.2) is 0 Å². The summed E-state index contributed by atoms with van der Waals surface area (Å²) in [5.41, 5.74) is 0.647. The second kappa shape index (κ2) is 7.73. The lowest BCUT2D eigenvalue weighted by atomic mass is 9.95. The Labute approximate surface area is 130 Å². The van der Waals surface area contributed by atoms with Crippen LogP contribution in [-0.2, 0) is 9.59 Å². The van der Waals surface area contributed by atoms with Crippen LogP contribution in [0, 0.1) is 5.92 Å². The van der Waals surface area contributed by atoms with Gasteiger partial charge < -0.3 is 10.2 Å². The van der Waals surface area contributed by atoms with Crippen LogP contribution < -0.4 is 5.32 Å². The van der Waals surface area contributed by atoms with Gasteiger partial charge in [0.1, 0.15) is 0 Å². The van der Waals surface area contributed by atoms with Crippen LogP contribution in [-0.4, -0.2) is 42.6 Å². The third-order valence-electron chi connectivity index (χ3n) is 4.13. The highest BCUT2D eigenvalue weighted by Crippen LogP contribution is 2.18. The molecule has 5 heteroatoms. The number of ketones is 1. The first kappa shape index (κ1) is 16.2. The molecule has 1 aliphatic rings. The van der Waals surface area contributed by atoms with Gasteiger partial charge in [0.2, 0.25) is 11.8 Å². The Kier molecular flexibility index (Phi) is 5.69. The summed E-state index contributed by atoms with van der Waals surface area (Å²) < 4.78 is 0. The van der Waals surface area contributed by atoms with Crippen molar-refractivity contribution in [3.05, 3.63) is 35.9 Å². The smallest absolute Gasteiger partial charge is 0.223 e. The van der Waals surface area contributed by atoms with E-state index in [1.165, 1.54) is 0 Å². The van der Waals surface area contributed by atoms with Gasteiger partial charge in [-0.1, -0.05) is 30.3 Å². The van der Waals surface area contributed by atoms with E-state index >= 15 is 0 Å². The summed E-state index contributed by atoms with van der Waals surface area (Å²) in [5, 5.41) is 2.65. The van der Waals surface area contributed by atoms with Crippen LogP contribution in [0.3, 0.4) is 0 Å². The summed E-state index contributed by atoms with van der Waals surface area (Å²) in [6.07, 6.45) is 1.85. The molecule has 0 aliphatic carbocycles. The lowest BCUT2D eigenvalue weighted by Crippen LogP contribution is -2.42. The Hall–Kier alpha value is -2.17. The fourth-order valence-electron chi connectivity index (χ4n) is 2.74. The normalized spacial score (nSPS) is 15.4. The molecule has 1 aromatic carbocycles. The maximum Gasteiger partial charge on any atom is 0.223 e. The Bertz CT molecular complexity index is 534. The molecule has 2 amide bonds. The van der Waals surface area contributed by atoms with Crippen LogP contribution in [0.1, 0.15) is 36.0 Å². The number of nitrogens with one attached hydrogen (secondary N) is 1. The van der Waals surface area contributed by atoms with Crippen molar-refractivity contribution in [2.75, 3.05) is 20.1 Å². The van der Waals surface area contributed by atoms with Crippen molar-refractivity contribution in [2.45, 2.75) is 25.7 Å². The largest absolute Gasteiger partial charge is 0.359 e. The molecule has 0 unspecified atom stereocenters. The average molecular weight is 302 g/mol. The highest BCUT2D eigenvalue weighted by molar-refractivity contribution is 5.97. The minimum Gasteiger partial charge on any atom is -0.359 e. The van der Waals surface area contributed by atoms with E-state index in [1.54, 1.807) is 24.1 Å². The highest BCUT2D eigenvalue weighted by atomic mass is 16.2. The predicted molar refractivity (Wildman–Crippen MR) is 83.4 cm³/mol. The quantitative estimate of drug-likeness (QED) is 0.841. The number of Topliss-reactive ketones (excluding diaryl/α,β-unsaturated/α-hetero) is 1. The van der Waals surface area contributed by atoms with Crippen molar-refractivity contribution in [1.29, 1.82) is 0 Å². The van der Waals surface area contributed by atoms with Gasteiger partial charge in [-0.3, -0.25) is 14.4 Å². The Morgan fingerprint density at radius 1 is 1.09 bits per heavy atom. The van der Waals surface area contributed by atoms with Gasteiger partial charge >= 0.3 is 0 Å². The van der Waals surface area contributed by atoms with Crippen molar-refractivity contribution in [2.24, 2.45) is 5.92 Å². The number of carbonyl (C=O) groups excluding carboxylic acids is 3. The first-order chi connectivity index (χ1) is 10.6. The molecule has 1 N–H and O–H groups in total. The molecule has 5 nitrogen and oxygen atoms in total. The van der Waals surface area contributed by atoms with Crippen molar-refractivity contribution in [3.63, 3.8) is 0 Å². The van der Waals surface area contributed by atoms with E-state index in [-0.39, 0.29) is 36.4 Å². The molecule has 0 spiro atoms. The molecule has 118 valence electrons. The van der Waals surface area contributed by atoms with E-state index in [1.807, 2.05) is 18.2 Å². The molecule has 1 fully saturated rings. The lowest BCUT2D eigenvalue weighted by Gasteiger charge is -2.31. The van der Waals surface area contributed by atoms with E-state index in [9.17, 15) is 14.4 Å². The summed E-state index contributed by atoms with van der Waals surface area (Å²) in [7, 11) is 1.63. The van der Waals surface area contributed by atoms with Crippen molar-refractivity contribution in [3.8, 4) is 0 Å². The molecule has 1 aliphatic heterocycles. The number of nitrogens with zero attached hydrogens (tertiary/aromatic N) is 1. The van der Waals surface area contributed by atoms with E-state index in [2.05, 4.69) is 5.32 Å². The van der Waals surface area contributed by atoms with Gasteiger partial charge in [-0.15, -0.1) is 0 Å². The lowest BCUT2D eigenvalue weighted by molar-refractivity contribution is -0.135. The first-order valence-corrected chi connectivity index (χ1v) is 7.69. The molecule has 1 saturated heterocycles. The van der Waals surface area contributed by atoms with Gasteiger partial charge in [0, 0.05) is 44.5 Å². The number of benzene rings is 1. The molecule has 22 heavy (non-hydrogen) atoms. The van der Waals surface area contributed by atoms with Gasteiger partial charge in [-0.05, 0) is 12.8 Å². The van der Waals surface area contributed by atoms with Crippen LogP contribution in [0.25, 0.3) is 0 Å². The molecule has 2 rings (SSSR count). The molecule has 0 bridgehead atoms. The molecular formula is C17H22N2O3. The molecule has 1 heterocycles. The molecule has 0 radical (unpaired) electrons. The van der Waals surface area contributed by atoms with Gasteiger partial charge in [0.15, 0.2) is 5.78 Å². The van der Waals surface area contributed by atoms with Gasteiger partial charge in [0.05, 0.1) is 0 Å². The van der Waals surface area contributed by atoms with E-state index in [0.29, 0.717) is 31.5 Å². The number of hydrogen-bond acceptors (Lipinski definition) is 3. The van der Waals surface area contributed by atoms with E-state index in [4.69, 9.17) is 0 Å². The monoisotopic (exact) mass is 302 g/mol. The zero-order chi connectivity index (χ0) is 15.9. The zero-order valence-corrected chi connectivity index (χ0v) is 12.9. The molecule has 0 aromatic heterocycles. The Morgan fingerprint density at radius 3 is 2.32 bits per heavy atom. The number of likely N-dealkylation sites (tertiary alicyclic amines) is 1. The van der Waals surface area contributed by atoms with E-state index in [0.717, 1.165) is 0 Å². The SMILES string of the molecule is CNC(=O)C1CCN(C(=O)CCC(=O)c2ccccc2)CC1. The molecule has 1 aromatic rings. The maximum atomic E-state index is 12.2. The van der Waals surface area contributed by atoms with Crippen LogP contribution in [0.4, 0.5) is 0 Å². The average Bonchev–Trinajstić information content (AvgIpc) is 2.59. The maximum absolute atomic E-state index is 12.2. The van der Waals surface area contributed by atoms with Crippen molar-refractivity contribution < 1.29 is 14.4 Å². The van der Waals surface area contributed by atoms with E-state index < -0.39 is 0 Å². The van der Waals surface area contributed by atoms with Crippen LogP contribution in [0.5, 0.6) is 0 Å². The van der Waals surface area contributed by atoms with Crippen molar-refractivity contribution in [1.82, 2.24) is 10.2 Å². The number of carbonyl (C=O) groups is 3. The second-order valence-electron chi connectivity index (χ2n) is 5.56. The van der Waals surface area contributed by atoms with Gasteiger partial charge in [-0.2, -0.15) is 0 Å². The number of piperidine rings is 1. The highest BCUT2D eigenvalue weighted by Gasteiger charge is 2.26. The van der Waals surface area contributed by atoms with Gasteiger partial charge in [0.25, 0.3) is 0 Å². The predicted octanol–water partition coefficient (Wildman–Crippen LogP) is 1.63. The van der Waals surface area contributed by atoms with Crippen LogP contribution in [0.15, 0.2) is 30.3 Å². The van der Waals surface area contributed by atoms with Crippen LogP contribution >= 0.6 is 0 Å². The number of hydrogen-bond donors (Lipinski definition) is 1. The third-order valence-corrected chi connectivity index (χ3v) is 4.13. The molecule has 0 saturated carbocycles. The van der Waals surface area contributed by atoms with Crippen LogP contribution in [0.2, 0.25) is 0 Å². The Balaban J connectivity index is 1.77. The number of rotatable bonds is 5. The number of amides is 2. The summed E-state index contributed by atoms with van der Waals surface area (Å²) in [6, 6.07) is 9.03.